The van der Waals surface area contributed by atoms with E-state index in [1.165, 1.54) is 18.5 Å². The minimum atomic E-state index is -0.527. The molecule has 8 heteroatoms. The summed E-state index contributed by atoms with van der Waals surface area (Å²) in [6, 6.07) is 20.5. The van der Waals surface area contributed by atoms with E-state index in [1.807, 2.05) is 19.9 Å². The van der Waals surface area contributed by atoms with Gasteiger partial charge in [-0.1, -0.05) is 43.7 Å². The van der Waals surface area contributed by atoms with E-state index in [9.17, 15) is 19.5 Å². The SMILES string of the molecule is CCCCOC(=O)c1cncc(C(=O)Nc2ccc(C)c(NC(=O)c3cccc(-c4ccc(O)cc4)c3)c2)c1. The van der Waals surface area contributed by atoms with Crippen molar-refractivity contribution < 1.29 is 24.2 Å². The van der Waals surface area contributed by atoms with E-state index >= 15 is 0 Å². The molecule has 0 aliphatic rings. The second kappa shape index (κ2) is 12.5. The maximum Gasteiger partial charge on any atom is 0.339 e. The zero-order valence-electron chi connectivity index (χ0n) is 21.7. The molecule has 4 rings (SSSR count). The van der Waals surface area contributed by atoms with Crippen molar-refractivity contribution in [1.82, 2.24) is 4.98 Å². The Morgan fingerprint density at radius 2 is 1.56 bits per heavy atom. The number of nitrogens with zero attached hydrogens (tertiary/aromatic N) is 1. The highest BCUT2D eigenvalue weighted by molar-refractivity contribution is 6.07. The Morgan fingerprint density at radius 1 is 0.821 bits per heavy atom. The molecule has 0 aliphatic heterocycles. The van der Waals surface area contributed by atoms with Gasteiger partial charge in [-0.15, -0.1) is 0 Å². The summed E-state index contributed by atoms with van der Waals surface area (Å²) in [6.07, 6.45) is 4.39. The van der Waals surface area contributed by atoms with E-state index in [0.717, 1.165) is 29.5 Å². The van der Waals surface area contributed by atoms with Crippen LogP contribution < -0.4 is 10.6 Å². The van der Waals surface area contributed by atoms with Crippen molar-refractivity contribution in [1.29, 1.82) is 0 Å². The lowest BCUT2D eigenvalue weighted by atomic mass is 10.0. The number of benzene rings is 3. The lowest BCUT2D eigenvalue weighted by Crippen LogP contribution is -2.16. The van der Waals surface area contributed by atoms with Gasteiger partial charge in [-0.2, -0.15) is 0 Å². The highest BCUT2D eigenvalue weighted by Gasteiger charge is 2.14. The molecule has 198 valence electrons. The van der Waals surface area contributed by atoms with Crippen molar-refractivity contribution in [2.45, 2.75) is 26.7 Å². The van der Waals surface area contributed by atoms with Crippen LogP contribution in [0.2, 0.25) is 0 Å². The molecule has 0 unspecified atom stereocenters. The van der Waals surface area contributed by atoms with Crippen LogP contribution in [0.4, 0.5) is 11.4 Å². The number of aromatic hydroxyl groups is 1. The topological polar surface area (TPSA) is 118 Å². The molecule has 3 aromatic carbocycles. The van der Waals surface area contributed by atoms with Gasteiger partial charge >= 0.3 is 5.97 Å². The predicted octanol–water partition coefficient (Wildman–Crippen LogP) is 6.22. The quantitative estimate of drug-likeness (QED) is 0.177. The molecular formula is C31H29N3O5. The zero-order valence-corrected chi connectivity index (χ0v) is 21.7. The second-order valence-electron chi connectivity index (χ2n) is 9.02. The fourth-order valence-electron chi connectivity index (χ4n) is 3.79. The average Bonchev–Trinajstić information content (AvgIpc) is 2.95. The van der Waals surface area contributed by atoms with Gasteiger partial charge in [-0.05, 0) is 72.5 Å². The molecule has 1 aromatic heterocycles. The van der Waals surface area contributed by atoms with E-state index in [2.05, 4.69) is 15.6 Å². The van der Waals surface area contributed by atoms with Gasteiger partial charge in [0.1, 0.15) is 5.75 Å². The summed E-state index contributed by atoms with van der Waals surface area (Å²) in [5.41, 5.74) is 4.40. The third-order valence-corrected chi connectivity index (χ3v) is 6.04. The summed E-state index contributed by atoms with van der Waals surface area (Å²) < 4.78 is 5.20. The Hall–Kier alpha value is -4.98. The molecule has 2 amide bonds. The van der Waals surface area contributed by atoms with Gasteiger partial charge < -0.3 is 20.5 Å². The van der Waals surface area contributed by atoms with Crippen molar-refractivity contribution >= 4 is 29.2 Å². The normalized spacial score (nSPS) is 10.5. The molecular weight excluding hydrogens is 494 g/mol. The Morgan fingerprint density at radius 3 is 2.33 bits per heavy atom. The number of aromatic nitrogens is 1. The number of nitrogens with one attached hydrogen (secondary N) is 2. The van der Waals surface area contributed by atoms with Crippen molar-refractivity contribution in [2.24, 2.45) is 0 Å². The molecule has 8 nitrogen and oxygen atoms in total. The molecule has 0 bridgehead atoms. The summed E-state index contributed by atoms with van der Waals surface area (Å²) >= 11 is 0. The number of carbonyl (C=O) groups is 3. The number of rotatable bonds is 9. The third kappa shape index (κ3) is 7.07. The van der Waals surface area contributed by atoms with Crippen LogP contribution in [0.1, 0.15) is 56.4 Å². The molecule has 4 aromatic rings. The van der Waals surface area contributed by atoms with Crippen LogP contribution in [0.15, 0.2) is 85.2 Å². The number of ether oxygens (including phenoxy) is 1. The van der Waals surface area contributed by atoms with Gasteiger partial charge in [0.15, 0.2) is 0 Å². The third-order valence-electron chi connectivity index (χ3n) is 6.04. The zero-order chi connectivity index (χ0) is 27.8. The fraction of sp³-hybridized carbons (Fsp3) is 0.161. The number of aryl methyl sites for hydroxylation is 1. The minimum absolute atomic E-state index is 0.170. The number of phenols is 1. The van der Waals surface area contributed by atoms with Gasteiger partial charge in [0, 0.05) is 29.3 Å². The van der Waals surface area contributed by atoms with Crippen molar-refractivity contribution in [3.05, 3.63) is 107 Å². The first-order valence-electron chi connectivity index (χ1n) is 12.6. The highest BCUT2D eigenvalue weighted by atomic mass is 16.5. The van der Waals surface area contributed by atoms with Gasteiger partial charge in [0.05, 0.1) is 17.7 Å². The van der Waals surface area contributed by atoms with Crippen molar-refractivity contribution in [3.8, 4) is 16.9 Å². The molecule has 0 radical (unpaired) electrons. The van der Waals surface area contributed by atoms with E-state index < -0.39 is 11.9 Å². The molecule has 0 saturated carbocycles. The molecule has 0 spiro atoms. The summed E-state index contributed by atoms with van der Waals surface area (Å²) in [6.45, 7) is 4.16. The van der Waals surface area contributed by atoms with Crippen LogP contribution in [0.3, 0.4) is 0 Å². The van der Waals surface area contributed by atoms with E-state index in [4.69, 9.17) is 4.74 Å². The van der Waals surface area contributed by atoms with Gasteiger partial charge in [0.25, 0.3) is 11.8 Å². The first-order valence-corrected chi connectivity index (χ1v) is 12.6. The largest absolute Gasteiger partial charge is 0.508 e. The van der Waals surface area contributed by atoms with Crippen molar-refractivity contribution in [3.63, 3.8) is 0 Å². The van der Waals surface area contributed by atoms with Crippen LogP contribution in [0.25, 0.3) is 11.1 Å². The molecule has 39 heavy (non-hydrogen) atoms. The molecule has 1 heterocycles. The maximum atomic E-state index is 13.1. The number of carbonyl (C=O) groups excluding carboxylic acids is 3. The molecule has 0 saturated heterocycles. The number of esters is 1. The van der Waals surface area contributed by atoms with Gasteiger partial charge in [0.2, 0.25) is 0 Å². The van der Waals surface area contributed by atoms with Gasteiger partial charge in [-0.3, -0.25) is 14.6 Å². The lowest BCUT2D eigenvalue weighted by Gasteiger charge is -2.13. The van der Waals surface area contributed by atoms with Crippen LogP contribution >= 0.6 is 0 Å². The second-order valence-corrected chi connectivity index (χ2v) is 9.02. The highest BCUT2D eigenvalue weighted by Crippen LogP contribution is 2.25. The molecule has 0 fully saturated rings. The summed E-state index contributed by atoms with van der Waals surface area (Å²) in [5.74, 6) is -1.11. The maximum absolute atomic E-state index is 13.1. The van der Waals surface area contributed by atoms with Crippen LogP contribution in [-0.4, -0.2) is 34.5 Å². The first-order chi connectivity index (χ1) is 18.8. The summed E-state index contributed by atoms with van der Waals surface area (Å²) in [7, 11) is 0. The number of unbranched alkanes of at least 4 members (excludes halogenated alkanes) is 1. The number of amides is 2. The fourth-order valence-corrected chi connectivity index (χ4v) is 3.79. The Bertz CT molecular complexity index is 1500. The average molecular weight is 524 g/mol. The van der Waals surface area contributed by atoms with E-state index in [0.29, 0.717) is 23.5 Å². The Balaban J connectivity index is 1.46. The molecule has 3 N–H and O–H groups in total. The number of anilines is 2. The number of hydrogen-bond donors (Lipinski definition) is 3. The monoisotopic (exact) mass is 523 g/mol. The molecule has 0 atom stereocenters. The Kier molecular flexibility index (Phi) is 8.68. The first kappa shape index (κ1) is 27.1. The summed E-state index contributed by atoms with van der Waals surface area (Å²) in [4.78, 5) is 42.2. The van der Waals surface area contributed by atoms with E-state index in [-0.39, 0.29) is 22.8 Å². The number of phenolic OH excluding ortho intramolecular Hbond substituents is 1. The van der Waals surface area contributed by atoms with Crippen LogP contribution in [0.5, 0.6) is 5.75 Å². The number of hydrogen-bond acceptors (Lipinski definition) is 6. The van der Waals surface area contributed by atoms with Crippen LogP contribution in [-0.2, 0) is 4.74 Å². The predicted molar refractivity (Wildman–Crippen MR) is 150 cm³/mol. The molecule has 0 aliphatic carbocycles. The van der Waals surface area contributed by atoms with Crippen molar-refractivity contribution in [2.75, 3.05) is 17.2 Å². The standard InChI is InChI=1S/C31H29N3O5/c1-3-4-14-39-31(38)25-16-24(18-32-19-25)30(37)33-26-11-8-20(2)28(17-26)34-29(36)23-7-5-6-22(15-23)21-9-12-27(35)13-10-21/h5-13,15-19,35H,3-4,14H2,1-2H3,(H,33,37)(H,34,36). The Labute approximate surface area is 226 Å². The van der Waals surface area contributed by atoms with E-state index in [1.54, 1.807) is 60.7 Å². The minimum Gasteiger partial charge on any atom is -0.508 e. The lowest BCUT2D eigenvalue weighted by molar-refractivity contribution is 0.0499. The van der Waals surface area contributed by atoms with Gasteiger partial charge in [-0.25, -0.2) is 4.79 Å². The smallest absolute Gasteiger partial charge is 0.339 e. The summed E-state index contributed by atoms with van der Waals surface area (Å²) in [5, 5.41) is 15.2. The van der Waals surface area contributed by atoms with Crippen LogP contribution in [0, 0.1) is 6.92 Å². The number of pyridine rings is 1.